The van der Waals surface area contributed by atoms with Gasteiger partial charge in [0, 0.05) is 24.7 Å². The topological polar surface area (TPSA) is 37.6 Å². The summed E-state index contributed by atoms with van der Waals surface area (Å²) in [5.74, 6) is 1.01. The second kappa shape index (κ2) is 7.18. The lowest BCUT2D eigenvalue weighted by Crippen LogP contribution is -2.41. The third-order valence-corrected chi connectivity index (χ3v) is 5.66. The van der Waals surface area contributed by atoms with E-state index in [1.165, 1.54) is 30.4 Å². The van der Waals surface area contributed by atoms with E-state index in [0.29, 0.717) is 0 Å². The zero-order chi connectivity index (χ0) is 19.0. The summed E-state index contributed by atoms with van der Waals surface area (Å²) in [6.45, 7) is 5.86. The molecule has 4 heteroatoms. The molecule has 0 radical (unpaired) electrons. The van der Waals surface area contributed by atoms with Gasteiger partial charge >= 0.3 is 0 Å². The van der Waals surface area contributed by atoms with Crippen LogP contribution in [0.1, 0.15) is 50.2 Å². The van der Waals surface area contributed by atoms with Gasteiger partial charge in [0.2, 0.25) is 5.91 Å². The molecular formula is C23H27N3O. The van der Waals surface area contributed by atoms with Crippen LogP contribution in [0.4, 0.5) is 5.82 Å². The lowest BCUT2D eigenvalue weighted by Gasteiger charge is -2.33. The van der Waals surface area contributed by atoms with Crippen LogP contribution in [0.5, 0.6) is 0 Å². The molecule has 1 amide bonds. The van der Waals surface area contributed by atoms with E-state index in [2.05, 4.69) is 42.5 Å². The van der Waals surface area contributed by atoms with Crippen LogP contribution in [0.2, 0.25) is 0 Å². The molecule has 0 N–H and O–H groups in total. The normalized spacial score (nSPS) is 15.2. The summed E-state index contributed by atoms with van der Waals surface area (Å²) in [6.07, 6.45) is 7.80. The second-order valence-electron chi connectivity index (χ2n) is 7.71. The molecule has 4 rings (SSSR count). The maximum Gasteiger partial charge on any atom is 0.225 e. The van der Waals surface area contributed by atoms with E-state index in [1.54, 1.807) is 6.92 Å². The van der Waals surface area contributed by atoms with E-state index in [0.717, 1.165) is 35.6 Å². The van der Waals surface area contributed by atoms with Crippen LogP contribution < -0.4 is 4.90 Å². The van der Waals surface area contributed by atoms with E-state index < -0.39 is 0 Å². The van der Waals surface area contributed by atoms with Gasteiger partial charge in [-0.05, 0) is 49.9 Å². The van der Waals surface area contributed by atoms with E-state index in [1.807, 2.05) is 23.2 Å². The third-order valence-electron chi connectivity index (χ3n) is 5.66. The summed E-state index contributed by atoms with van der Waals surface area (Å²) in [7, 11) is 0. The Morgan fingerprint density at radius 3 is 2.56 bits per heavy atom. The minimum atomic E-state index is 0.0964. The number of aromatic nitrogens is 2. The van der Waals surface area contributed by atoms with E-state index in [-0.39, 0.29) is 11.9 Å². The Kier molecular flexibility index (Phi) is 4.73. The minimum absolute atomic E-state index is 0.0964. The second-order valence-corrected chi connectivity index (χ2v) is 7.71. The molecule has 1 saturated carbocycles. The molecule has 140 valence electrons. The Balaban J connectivity index is 1.97. The summed E-state index contributed by atoms with van der Waals surface area (Å²) in [5.41, 5.74) is 5.23. The quantitative estimate of drug-likeness (QED) is 0.634. The highest BCUT2D eigenvalue weighted by Gasteiger charge is 2.30. The number of rotatable bonds is 3. The molecule has 0 saturated heterocycles. The Morgan fingerprint density at radius 2 is 1.85 bits per heavy atom. The number of carbonyl (C=O) groups excluding carboxylic acids is 1. The van der Waals surface area contributed by atoms with Crippen molar-refractivity contribution in [1.82, 2.24) is 9.38 Å². The molecule has 0 spiro atoms. The molecular weight excluding hydrogens is 334 g/mol. The van der Waals surface area contributed by atoms with Gasteiger partial charge in [-0.3, -0.25) is 14.1 Å². The van der Waals surface area contributed by atoms with Crippen molar-refractivity contribution in [3.8, 4) is 11.3 Å². The maximum absolute atomic E-state index is 12.8. The maximum atomic E-state index is 12.8. The lowest BCUT2D eigenvalue weighted by molar-refractivity contribution is -0.117. The summed E-state index contributed by atoms with van der Waals surface area (Å²) in [6, 6.07) is 12.7. The molecule has 0 atom stereocenters. The van der Waals surface area contributed by atoms with Crippen LogP contribution in [0.25, 0.3) is 16.9 Å². The van der Waals surface area contributed by atoms with Gasteiger partial charge in [0.15, 0.2) is 0 Å². The first kappa shape index (κ1) is 17.8. The predicted molar refractivity (Wildman–Crippen MR) is 110 cm³/mol. The molecule has 4 nitrogen and oxygen atoms in total. The lowest BCUT2D eigenvalue weighted by atomic mass is 9.93. The molecule has 1 aromatic carbocycles. The number of nitrogens with zero attached hydrogens (tertiary/aromatic N) is 3. The minimum Gasteiger partial charge on any atom is -0.293 e. The number of amides is 1. The van der Waals surface area contributed by atoms with Crippen LogP contribution in [-0.4, -0.2) is 21.3 Å². The van der Waals surface area contributed by atoms with Crippen molar-refractivity contribution in [2.75, 3.05) is 4.90 Å². The molecule has 2 aromatic heterocycles. The van der Waals surface area contributed by atoms with E-state index in [4.69, 9.17) is 4.98 Å². The zero-order valence-electron chi connectivity index (χ0n) is 16.4. The van der Waals surface area contributed by atoms with Crippen molar-refractivity contribution < 1.29 is 4.79 Å². The molecule has 1 fully saturated rings. The monoisotopic (exact) mass is 361 g/mol. The van der Waals surface area contributed by atoms with Gasteiger partial charge in [0.05, 0.1) is 0 Å². The van der Waals surface area contributed by atoms with Gasteiger partial charge in [-0.1, -0.05) is 43.5 Å². The van der Waals surface area contributed by atoms with Gasteiger partial charge in [-0.15, -0.1) is 0 Å². The number of carbonyl (C=O) groups is 1. The zero-order valence-corrected chi connectivity index (χ0v) is 16.4. The van der Waals surface area contributed by atoms with Crippen LogP contribution in [0, 0.1) is 13.8 Å². The highest BCUT2D eigenvalue weighted by atomic mass is 16.2. The third kappa shape index (κ3) is 3.25. The Bertz CT molecular complexity index is 982. The molecule has 2 heterocycles. The van der Waals surface area contributed by atoms with Crippen molar-refractivity contribution in [1.29, 1.82) is 0 Å². The number of imidazole rings is 1. The number of fused-ring (bicyclic) bond motifs is 1. The first-order valence-electron chi connectivity index (χ1n) is 9.91. The van der Waals surface area contributed by atoms with Crippen LogP contribution >= 0.6 is 0 Å². The van der Waals surface area contributed by atoms with Crippen molar-refractivity contribution >= 4 is 17.4 Å². The van der Waals surface area contributed by atoms with E-state index in [9.17, 15) is 4.79 Å². The molecule has 3 aromatic rings. The first-order chi connectivity index (χ1) is 13.1. The highest BCUT2D eigenvalue weighted by Crippen LogP contribution is 2.37. The molecule has 0 aliphatic heterocycles. The van der Waals surface area contributed by atoms with Crippen molar-refractivity contribution in [3.05, 3.63) is 53.7 Å². The summed E-state index contributed by atoms with van der Waals surface area (Å²) < 4.78 is 2.09. The summed E-state index contributed by atoms with van der Waals surface area (Å²) in [5, 5.41) is 0. The van der Waals surface area contributed by atoms with Gasteiger partial charge < -0.3 is 0 Å². The Hall–Kier alpha value is -2.62. The first-order valence-corrected chi connectivity index (χ1v) is 9.91. The fourth-order valence-electron chi connectivity index (χ4n) is 4.30. The number of hydrogen-bond donors (Lipinski definition) is 0. The fraction of sp³-hybridized carbons (Fsp3) is 0.391. The summed E-state index contributed by atoms with van der Waals surface area (Å²) >= 11 is 0. The van der Waals surface area contributed by atoms with Gasteiger partial charge in [-0.2, -0.15) is 0 Å². The molecule has 27 heavy (non-hydrogen) atoms. The number of benzene rings is 1. The van der Waals surface area contributed by atoms with Gasteiger partial charge in [0.25, 0.3) is 0 Å². The van der Waals surface area contributed by atoms with Crippen molar-refractivity contribution in [2.45, 2.75) is 58.9 Å². The predicted octanol–water partition coefficient (Wildman–Crippen LogP) is 5.30. The highest BCUT2D eigenvalue weighted by molar-refractivity contribution is 5.96. The van der Waals surface area contributed by atoms with Crippen molar-refractivity contribution in [2.24, 2.45) is 0 Å². The smallest absolute Gasteiger partial charge is 0.225 e. The SMILES string of the molecule is CC(=O)N(c1c(-c2ccccc2C)nc2cc(C)ccn12)C1CCCCC1. The number of aryl methyl sites for hydroxylation is 2. The molecule has 0 bridgehead atoms. The van der Waals surface area contributed by atoms with E-state index >= 15 is 0 Å². The molecule has 1 aliphatic carbocycles. The average molecular weight is 361 g/mol. The summed E-state index contributed by atoms with van der Waals surface area (Å²) in [4.78, 5) is 19.8. The fourth-order valence-corrected chi connectivity index (χ4v) is 4.30. The van der Waals surface area contributed by atoms with Crippen molar-refractivity contribution in [3.63, 3.8) is 0 Å². The van der Waals surface area contributed by atoms with Gasteiger partial charge in [0.1, 0.15) is 17.2 Å². The van der Waals surface area contributed by atoms with Crippen LogP contribution in [-0.2, 0) is 4.79 Å². The largest absolute Gasteiger partial charge is 0.293 e. The Morgan fingerprint density at radius 1 is 1.11 bits per heavy atom. The number of pyridine rings is 1. The van der Waals surface area contributed by atoms with Crippen LogP contribution in [0.15, 0.2) is 42.6 Å². The average Bonchev–Trinajstić information content (AvgIpc) is 3.01. The standard InChI is InChI=1S/C23H27N3O/c1-16-13-14-25-21(15-16)24-22(20-12-8-7-9-17(20)2)23(25)26(18(3)27)19-10-5-4-6-11-19/h7-9,12-15,19H,4-6,10-11H2,1-3H3. The molecule has 1 aliphatic rings. The molecule has 0 unspecified atom stereocenters. The Labute approximate surface area is 160 Å². The van der Waals surface area contributed by atoms with Crippen LogP contribution in [0.3, 0.4) is 0 Å². The number of hydrogen-bond acceptors (Lipinski definition) is 2. The van der Waals surface area contributed by atoms with Gasteiger partial charge in [-0.25, -0.2) is 4.98 Å². The number of anilines is 1.